The second-order valence-corrected chi connectivity index (χ2v) is 4.61. The van der Waals surface area contributed by atoms with Crippen LogP contribution in [0.2, 0.25) is 0 Å². The molecule has 0 unspecified atom stereocenters. The normalized spacial score (nSPS) is 10.0. The minimum atomic E-state index is -0.529. The molecule has 6 nitrogen and oxygen atoms in total. The van der Waals surface area contributed by atoms with Crippen molar-refractivity contribution in [3.63, 3.8) is 0 Å². The number of methoxy groups -OCH3 is 1. The lowest BCUT2D eigenvalue weighted by atomic mass is 10.2. The number of anilines is 2. The lowest BCUT2D eigenvalue weighted by molar-refractivity contribution is 0.0607. The van der Waals surface area contributed by atoms with E-state index in [4.69, 9.17) is 5.73 Å². The average Bonchev–Trinajstić information content (AvgIpc) is 2.73. The third-order valence-electron chi connectivity index (χ3n) is 2.57. The highest BCUT2D eigenvalue weighted by atomic mass is 32.1. The summed E-state index contributed by atoms with van der Waals surface area (Å²) in [4.78, 5) is 25.5. The van der Waals surface area contributed by atoms with Gasteiger partial charge in [0.2, 0.25) is 0 Å². The number of carbonyl (C=O) groups is 2. The zero-order chi connectivity index (χ0) is 13.9. The van der Waals surface area contributed by atoms with Crippen molar-refractivity contribution in [3.8, 4) is 0 Å². The fraction of sp³-hybridized carbons (Fsp3) is 0.455. The van der Waals surface area contributed by atoms with Gasteiger partial charge in [-0.3, -0.25) is 4.79 Å². The van der Waals surface area contributed by atoms with Crippen molar-refractivity contribution in [2.75, 3.05) is 38.4 Å². The molecule has 1 heterocycles. The van der Waals surface area contributed by atoms with Gasteiger partial charge in [0.15, 0.2) is 0 Å². The van der Waals surface area contributed by atoms with E-state index >= 15 is 0 Å². The SMILES string of the molecule is CCN(C)c1sc(C(=O)OC)c(N)c1C(=O)NC. The predicted molar refractivity (Wildman–Crippen MR) is 72.4 cm³/mol. The third kappa shape index (κ3) is 2.40. The minimum absolute atomic E-state index is 0.168. The second-order valence-electron chi connectivity index (χ2n) is 3.61. The summed E-state index contributed by atoms with van der Waals surface area (Å²) in [7, 11) is 4.63. The van der Waals surface area contributed by atoms with Crippen LogP contribution in [0.25, 0.3) is 0 Å². The van der Waals surface area contributed by atoms with Gasteiger partial charge in [0.05, 0.1) is 18.4 Å². The Kier molecular flexibility index (Phi) is 4.55. The zero-order valence-electron chi connectivity index (χ0n) is 10.9. The van der Waals surface area contributed by atoms with Gasteiger partial charge in [0, 0.05) is 20.6 Å². The molecule has 0 saturated heterocycles. The third-order valence-corrected chi connectivity index (χ3v) is 3.87. The summed E-state index contributed by atoms with van der Waals surface area (Å²) >= 11 is 1.16. The zero-order valence-corrected chi connectivity index (χ0v) is 11.7. The van der Waals surface area contributed by atoms with Gasteiger partial charge in [0.25, 0.3) is 5.91 Å². The number of nitrogen functional groups attached to an aromatic ring is 1. The van der Waals surface area contributed by atoms with Crippen molar-refractivity contribution < 1.29 is 14.3 Å². The van der Waals surface area contributed by atoms with Crippen molar-refractivity contribution in [1.29, 1.82) is 0 Å². The number of ether oxygens (including phenoxy) is 1. The molecular weight excluding hydrogens is 254 g/mol. The first-order valence-electron chi connectivity index (χ1n) is 5.41. The summed E-state index contributed by atoms with van der Waals surface area (Å²) < 4.78 is 4.65. The van der Waals surface area contributed by atoms with Gasteiger partial charge in [-0.05, 0) is 6.92 Å². The van der Waals surface area contributed by atoms with Crippen molar-refractivity contribution in [3.05, 3.63) is 10.4 Å². The Balaban J connectivity index is 3.40. The Labute approximate surface area is 110 Å². The number of carbonyl (C=O) groups excluding carboxylic acids is 2. The fourth-order valence-electron chi connectivity index (χ4n) is 1.43. The van der Waals surface area contributed by atoms with Gasteiger partial charge in [-0.1, -0.05) is 0 Å². The van der Waals surface area contributed by atoms with E-state index in [-0.39, 0.29) is 16.5 Å². The van der Waals surface area contributed by atoms with Gasteiger partial charge < -0.3 is 20.7 Å². The van der Waals surface area contributed by atoms with Crippen LogP contribution in [-0.4, -0.2) is 39.6 Å². The highest BCUT2D eigenvalue weighted by Crippen LogP contribution is 2.38. The van der Waals surface area contributed by atoms with Gasteiger partial charge >= 0.3 is 5.97 Å². The molecule has 0 bridgehead atoms. The van der Waals surface area contributed by atoms with Crippen LogP contribution < -0.4 is 16.0 Å². The highest BCUT2D eigenvalue weighted by Gasteiger charge is 2.26. The number of amides is 1. The highest BCUT2D eigenvalue weighted by molar-refractivity contribution is 7.19. The fourth-order valence-corrected chi connectivity index (χ4v) is 2.59. The van der Waals surface area contributed by atoms with E-state index in [1.54, 1.807) is 0 Å². The molecule has 1 aromatic rings. The van der Waals surface area contributed by atoms with Crippen LogP contribution in [0.4, 0.5) is 10.7 Å². The molecule has 0 radical (unpaired) electrons. The quantitative estimate of drug-likeness (QED) is 0.796. The first-order chi connectivity index (χ1) is 8.47. The molecule has 1 amide bonds. The van der Waals surface area contributed by atoms with Crippen LogP contribution >= 0.6 is 11.3 Å². The topological polar surface area (TPSA) is 84.7 Å². The molecule has 0 aliphatic rings. The number of esters is 1. The van der Waals surface area contributed by atoms with Crippen LogP contribution in [0.3, 0.4) is 0 Å². The Morgan fingerprint density at radius 2 is 2.11 bits per heavy atom. The number of thiophene rings is 1. The Bertz CT molecular complexity index is 470. The van der Waals surface area contributed by atoms with Crippen LogP contribution in [0.1, 0.15) is 27.0 Å². The van der Waals surface area contributed by atoms with E-state index in [1.807, 2.05) is 18.9 Å². The molecule has 0 aromatic carbocycles. The first kappa shape index (κ1) is 14.3. The summed E-state index contributed by atoms with van der Waals surface area (Å²) in [6.45, 7) is 2.64. The van der Waals surface area contributed by atoms with Crippen molar-refractivity contribution >= 4 is 33.9 Å². The van der Waals surface area contributed by atoms with Gasteiger partial charge in [-0.15, -0.1) is 11.3 Å². The standard InChI is InChI=1S/C11H17N3O3S/c1-5-14(3)10-6(9(15)13-2)7(12)8(18-10)11(16)17-4/h5,12H2,1-4H3,(H,13,15). The molecular formula is C11H17N3O3S. The van der Waals surface area contributed by atoms with E-state index in [0.717, 1.165) is 11.3 Å². The van der Waals surface area contributed by atoms with Gasteiger partial charge in [0.1, 0.15) is 9.88 Å². The predicted octanol–water partition coefficient (Wildman–Crippen LogP) is 0.933. The van der Waals surface area contributed by atoms with Crippen molar-refractivity contribution in [2.24, 2.45) is 0 Å². The number of nitrogens with one attached hydrogen (secondary N) is 1. The number of nitrogens with zero attached hydrogens (tertiary/aromatic N) is 1. The number of rotatable bonds is 4. The maximum Gasteiger partial charge on any atom is 0.350 e. The maximum absolute atomic E-state index is 11.8. The summed E-state index contributed by atoms with van der Waals surface area (Å²) in [5.41, 5.74) is 6.37. The molecule has 0 aliphatic heterocycles. The van der Waals surface area contributed by atoms with Crippen LogP contribution in [0.15, 0.2) is 0 Å². The molecule has 0 atom stereocenters. The number of hydrogen-bond acceptors (Lipinski definition) is 6. The first-order valence-corrected chi connectivity index (χ1v) is 6.23. The van der Waals surface area contributed by atoms with Crippen molar-refractivity contribution in [2.45, 2.75) is 6.92 Å². The van der Waals surface area contributed by atoms with E-state index in [2.05, 4.69) is 10.1 Å². The van der Waals surface area contributed by atoms with Crippen LogP contribution in [0.5, 0.6) is 0 Å². The maximum atomic E-state index is 11.8. The molecule has 100 valence electrons. The smallest absolute Gasteiger partial charge is 0.350 e. The summed E-state index contributed by atoms with van der Waals surface area (Å²) in [6.07, 6.45) is 0. The Morgan fingerprint density at radius 3 is 2.56 bits per heavy atom. The molecule has 0 aliphatic carbocycles. The largest absolute Gasteiger partial charge is 0.465 e. The second kappa shape index (κ2) is 5.72. The molecule has 18 heavy (non-hydrogen) atoms. The Hall–Kier alpha value is -1.76. The summed E-state index contributed by atoms with van der Waals surface area (Å²) in [6, 6.07) is 0. The number of hydrogen-bond donors (Lipinski definition) is 2. The van der Waals surface area contributed by atoms with E-state index in [1.165, 1.54) is 14.2 Å². The Morgan fingerprint density at radius 1 is 1.50 bits per heavy atom. The lowest BCUT2D eigenvalue weighted by Crippen LogP contribution is -2.23. The number of nitrogens with two attached hydrogens (primary N) is 1. The molecule has 1 aromatic heterocycles. The van der Waals surface area contributed by atoms with Gasteiger partial charge in [-0.25, -0.2) is 4.79 Å². The minimum Gasteiger partial charge on any atom is -0.465 e. The summed E-state index contributed by atoms with van der Waals surface area (Å²) in [5.74, 6) is -0.840. The van der Waals surface area contributed by atoms with Crippen LogP contribution in [0, 0.1) is 0 Å². The average molecular weight is 271 g/mol. The molecule has 0 spiro atoms. The molecule has 3 N–H and O–H groups in total. The monoisotopic (exact) mass is 271 g/mol. The molecule has 1 rings (SSSR count). The molecule has 0 saturated carbocycles. The summed E-state index contributed by atoms with van der Waals surface area (Å²) in [5, 5.41) is 3.18. The van der Waals surface area contributed by atoms with E-state index in [9.17, 15) is 9.59 Å². The van der Waals surface area contributed by atoms with Crippen LogP contribution in [-0.2, 0) is 4.74 Å². The van der Waals surface area contributed by atoms with Gasteiger partial charge in [-0.2, -0.15) is 0 Å². The molecule has 0 fully saturated rings. The van der Waals surface area contributed by atoms with E-state index < -0.39 is 5.97 Å². The van der Waals surface area contributed by atoms with E-state index in [0.29, 0.717) is 17.1 Å². The lowest BCUT2D eigenvalue weighted by Gasteiger charge is -2.16. The molecule has 7 heteroatoms. The van der Waals surface area contributed by atoms with Crippen molar-refractivity contribution in [1.82, 2.24) is 5.32 Å².